The molecule has 0 spiro atoms. The van der Waals surface area contributed by atoms with Crippen molar-refractivity contribution < 1.29 is 9.90 Å². The lowest BCUT2D eigenvalue weighted by Gasteiger charge is -2.12. The predicted molar refractivity (Wildman–Crippen MR) is 50.2 cm³/mol. The molecule has 0 amide bonds. The minimum atomic E-state index is -1.07. The van der Waals surface area contributed by atoms with Crippen LogP contribution in [0.25, 0.3) is 0 Å². The molecule has 0 bridgehead atoms. The van der Waals surface area contributed by atoms with Crippen LogP contribution in [0.15, 0.2) is 18.2 Å². The van der Waals surface area contributed by atoms with Crippen molar-refractivity contribution in [3.05, 3.63) is 29.3 Å². The second-order valence-electron chi connectivity index (χ2n) is 2.89. The summed E-state index contributed by atoms with van der Waals surface area (Å²) in [5.41, 5.74) is 12.8. The molecule has 13 heavy (non-hydrogen) atoms. The van der Waals surface area contributed by atoms with Gasteiger partial charge in [-0.1, -0.05) is 12.1 Å². The first-order valence-electron chi connectivity index (χ1n) is 3.87. The minimum absolute atomic E-state index is 0.426. The van der Waals surface area contributed by atoms with Gasteiger partial charge in [-0.15, -0.1) is 0 Å². The Balaban J connectivity index is 3.20. The number of aliphatic carboxylic acids is 1. The van der Waals surface area contributed by atoms with Gasteiger partial charge in [-0.05, 0) is 18.6 Å². The quantitative estimate of drug-likeness (QED) is 0.583. The van der Waals surface area contributed by atoms with E-state index in [9.17, 15) is 4.79 Å². The number of anilines is 1. The van der Waals surface area contributed by atoms with Crippen molar-refractivity contribution >= 4 is 11.7 Å². The van der Waals surface area contributed by atoms with E-state index in [4.69, 9.17) is 16.6 Å². The highest BCUT2D eigenvalue weighted by Crippen LogP contribution is 2.22. The molecule has 0 aromatic heterocycles. The molecule has 0 aliphatic rings. The van der Waals surface area contributed by atoms with Crippen LogP contribution in [0.5, 0.6) is 0 Å². The van der Waals surface area contributed by atoms with Gasteiger partial charge in [-0.2, -0.15) is 0 Å². The lowest BCUT2D eigenvalue weighted by molar-refractivity contribution is -0.138. The Morgan fingerprint density at radius 2 is 2.15 bits per heavy atom. The highest BCUT2D eigenvalue weighted by molar-refractivity contribution is 5.78. The van der Waals surface area contributed by atoms with Crippen molar-refractivity contribution in [1.29, 1.82) is 0 Å². The fourth-order valence-electron chi connectivity index (χ4n) is 1.25. The van der Waals surface area contributed by atoms with Gasteiger partial charge >= 0.3 is 5.97 Å². The molecule has 0 heterocycles. The fraction of sp³-hybridized carbons (Fsp3) is 0.222. The number of benzene rings is 1. The predicted octanol–water partition coefficient (Wildman–Crippen LogP) is 0.662. The summed E-state index contributed by atoms with van der Waals surface area (Å²) in [7, 11) is 0. The van der Waals surface area contributed by atoms with Crippen molar-refractivity contribution in [2.24, 2.45) is 5.73 Å². The smallest absolute Gasteiger partial charge is 0.325 e. The summed E-state index contributed by atoms with van der Waals surface area (Å²) in [6.45, 7) is 1.79. The maximum absolute atomic E-state index is 10.6. The Bertz CT molecular complexity index is 316. The van der Waals surface area contributed by atoms with Gasteiger partial charge in [-0.25, -0.2) is 0 Å². The maximum atomic E-state index is 10.6. The zero-order valence-corrected chi connectivity index (χ0v) is 7.32. The third-order valence-corrected chi connectivity index (χ3v) is 1.93. The standard InChI is InChI=1S/C9H12N2O2/c1-5-3-2-4-6(10)7(5)8(11)9(12)13/h2-4,8H,10-11H2,1H3,(H,12,13). The molecule has 4 nitrogen and oxygen atoms in total. The van der Waals surface area contributed by atoms with Crippen LogP contribution in [0.4, 0.5) is 5.69 Å². The van der Waals surface area contributed by atoms with E-state index >= 15 is 0 Å². The third-order valence-electron chi connectivity index (χ3n) is 1.93. The Morgan fingerprint density at radius 3 is 2.62 bits per heavy atom. The molecule has 1 rings (SSSR count). The van der Waals surface area contributed by atoms with Gasteiger partial charge in [0.2, 0.25) is 0 Å². The number of carboxylic acid groups (broad SMARTS) is 1. The molecule has 0 saturated carbocycles. The number of nitrogens with two attached hydrogens (primary N) is 2. The van der Waals surface area contributed by atoms with Crippen LogP contribution in [0.2, 0.25) is 0 Å². The van der Waals surface area contributed by atoms with Crippen LogP contribution < -0.4 is 11.5 Å². The van der Waals surface area contributed by atoms with E-state index < -0.39 is 12.0 Å². The molecule has 0 fully saturated rings. The highest BCUT2D eigenvalue weighted by atomic mass is 16.4. The van der Waals surface area contributed by atoms with E-state index in [1.54, 1.807) is 25.1 Å². The van der Waals surface area contributed by atoms with E-state index in [1.165, 1.54) is 0 Å². The molecule has 0 saturated heterocycles. The number of aryl methyl sites for hydroxylation is 1. The number of rotatable bonds is 2. The van der Waals surface area contributed by atoms with Crippen molar-refractivity contribution in [2.75, 3.05) is 5.73 Å². The Hall–Kier alpha value is -1.55. The topological polar surface area (TPSA) is 89.3 Å². The van der Waals surface area contributed by atoms with Crippen molar-refractivity contribution in [2.45, 2.75) is 13.0 Å². The van der Waals surface area contributed by atoms with Crippen molar-refractivity contribution in [3.63, 3.8) is 0 Å². The first kappa shape index (κ1) is 9.54. The molecule has 0 radical (unpaired) electrons. The summed E-state index contributed by atoms with van der Waals surface area (Å²) >= 11 is 0. The van der Waals surface area contributed by atoms with Crippen LogP contribution in [-0.2, 0) is 4.79 Å². The molecule has 4 heteroatoms. The lowest BCUT2D eigenvalue weighted by Crippen LogP contribution is -2.22. The Morgan fingerprint density at radius 1 is 1.54 bits per heavy atom. The summed E-state index contributed by atoms with van der Waals surface area (Å²) in [5, 5.41) is 8.70. The van der Waals surface area contributed by atoms with Crippen molar-refractivity contribution in [3.8, 4) is 0 Å². The monoisotopic (exact) mass is 180 g/mol. The average Bonchev–Trinajstić information content (AvgIpc) is 2.03. The molecule has 1 atom stereocenters. The van der Waals surface area contributed by atoms with E-state index in [1.807, 2.05) is 0 Å². The Labute approximate surface area is 76.2 Å². The van der Waals surface area contributed by atoms with Gasteiger partial charge in [0.15, 0.2) is 0 Å². The maximum Gasteiger partial charge on any atom is 0.325 e. The number of hydrogen-bond acceptors (Lipinski definition) is 3. The van der Waals surface area contributed by atoms with Crippen molar-refractivity contribution in [1.82, 2.24) is 0 Å². The number of hydrogen-bond donors (Lipinski definition) is 3. The molecule has 0 aliphatic carbocycles. The molecule has 1 aromatic rings. The van der Waals surface area contributed by atoms with Crippen LogP contribution in [0.3, 0.4) is 0 Å². The summed E-state index contributed by atoms with van der Waals surface area (Å²) in [6, 6.07) is 4.16. The average molecular weight is 180 g/mol. The molecule has 1 unspecified atom stereocenters. The fourth-order valence-corrected chi connectivity index (χ4v) is 1.25. The van der Waals surface area contributed by atoms with E-state index in [0.29, 0.717) is 11.3 Å². The molecule has 70 valence electrons. The normalized spacial score (nSPS) is 12.5. The first-order chi connectivity index (χ1) is 6.04. The number of carboxylic acids is 1. The van der Waals surface area contributed by atoms with Gasteiger partial charge < -0.3 is 16.6 Å². The number of carbonyl (C=O) groups is 1. The van der Waals surface area contributed by atoms with E-state index in [-0.39, 0.29) is 0 Å². The summed E-state index contributed by atoms with van der Waals surface area (Å²) < 4.78 is 0. The largest absolute Gasteiger partial charge is 0.480 e. The minimum Gasteiger partial charge on any atom is -0.480 e. The second kappa shape index (κ2) is 3.45. The highest BCUT2D eigenvalue weighted by Gasteiger charge is 2.18. The lowest BCUT2D eigenvalue weighted by atomic mass is 10.00. The molecular formula is C9H12N2O2. The van der Waals surface area contributed by atoms with Crippen LogP contribution in [0.1, 0.15) is 17.2 Å². The van der Waals surface area contributed by atoms with Gasteiger partial charge in [0.25, 0.3) is 0 Å². The molecular weight excluding hydrogens is 168 g/mol. The zero-order chi connectivity index (χ0) is 10.0. The van der Waals surface area contributed by atoms with Gasteiger partial charge in [-0.3, -0.25) is 4.79 Å². The van der Waals surface area contributed by atoms with Gasteiger partial charge in [0.05, 0.1) is 0 Å². The summed E-state index contributed by atoms with van der Waals surface area (Å²) in [6.07, 6.45) is 0. The summed E-state index contributed by atoms with van der Waals surface area (Å²) in [4.78, 5) is 10.6. The molecule has 5 N–H and O–H groups in total. The zero-order valence-electron chi connectivity index (χ0n) is 7.32. The SMILES string of the molecule is Cc1cccc(N)c1C(N)C(=O)O. The molecule has 0 aliphatic heterocycles. The Kier molecular flexibility index (Phi) is 2.53. The molecule has 1 aromatic carbocycles. The first-order valence-corrected chi connectivity index (χ1v) is 3.87. The third kappa shape index (κ3) is 1.78. The van der Waals surface area contributed by atoms with E-state index in [2.05, 4.69) is 0 Å². The van der Waals surface area contributed by atoms with Crippen LogP contribution in [0, 0.1) is 6.92 Å². The van der Waals surface area contributed by atoms with Gasteiger partial charge in [0, 0.05) is 11.3 Å². The second-order valence-corrected chi connectivity index (χ2v) is 2.89. The van der Waals surface area contributed by atoms with Gasteiger partial charge in [0.1, 0.15) is 6.04 Å². The van der Waals surface area contributed by atoms with Crippen LogP contribution in [-0.4, -0.2) is 11.1 Å². The summed E-state index contributed by atoms with van der Waals surface area (Å²) in [5.74, 6) is -1.07. The van der Waals surface area contributed by atoms with E-state index in [0.717, 1.165) is 5.56 Å². The van der Waals surface area contributed by atoms with Crippen LogP contribution >= 0.6 is 0 Å². The number of nitrogen functional groups attached to an aromatic ring is 1.